The molecule has 0 aliphatic carbocycles. The summed E-state index contributed by atoms with van der Waals surface area (Å²) in [4.78, 5) is 4.52. The third kappa shape index (κ3) is 1.89. The van der Waals surface area contributed by atoms with Crippen molar-refractivity contribution in [3.05, 3.63) is 33.6 Å². The van der Waals surface area contributed by atoms with E-state index in [2.05, 4.69) is 16.0 Å². The Balaban J connectivity index is 2.71. The highest BCUT2D eigenvalue weighted by molar-refractivity contribution is 6.31. The molecule has 0 spiro atoms. The van der Waals surface area contributed by atoms with Gasteiger partial charge >= 0.3 is 0 Å². The van der Waals surface area contributed by atoms with Gasteiger partial charge in [-0.1, -0.05) is 17.5 Å². The van der Waals surface area contributed by atoms with Crippen molar-refractivity contribution in [3.63, 3.8) is 0 Å². The van der Waals surface area contributed by atoms with Crippen molar-refractivity contribution in [3.8, 4) is 23.7 Å². The molecule has 2 heterocycles. The van der Waals surface area contributed by atoms with Crippen LogP contribution in [0.4, 0.5) is 0 Å². The standard InChI is InChI=1S/C14H14ClN3/c1-6-12-9(3)14(17-18(12)5)13-8(2)7-11(15)10(4)16-13/h1,7H,2-5H3. The van der Waals surface area contributed by atoms with Crippen molar-refractivity contribution < 1.29 is 0 Å². The van der Waals surface area contributed by atoms with E-state index in [9.17, 15) is 0 Å². The second-order valence-electron chi connectivity index (χ2n) is 4.31. The third-order valence-corrected chi connectivity index (χ3v) is 3.37. The van der Waals surface area contributed by atoms with Crippen molar-refractivity contribution in [2.75, 3.05) is 0 Å². The average Bonchev–Trinajstić information content (AvgIpc) is 2.59. The first-order chi connectivity index (χ1) is 8.45. The van der Waals surface area contributed by atoms with Crippen LogP contribution < -0.4 is 0 Å². The first-order valence-corrected chi connectivity index (χ1v) is 5.97. The maximum absolute atomic E-state index is 6.06. The van der Waals surface area contributed by atoms with Crippen molar-refractivity contribution in [2.24, 2.45) is 7.05 Å². The Kier molecular flexibility index (Phi) is 3.14. The van der Waals surface area contributed by atoms with E-state index in [-0.39, 0.29) is 0 Å². The van der Waals surface area contributed by atoms with Crippen molar-refractivity contribution in [1.29, 1.82) is 0 Å². The number of rotatable bonds is 1. The van der Waals surface area contributed by atoms with E-state index < -0.39 is 0 Å². The van der Waals surface area contributed by atoms with Crippen LogP contribution in [-0.4, -0.2) is 14.8 Å². The van der Waals surface area contributed by atoms with Crippen molar-refractivity contribution in [1.82, 2.24) is 14.8 Å². The summed E-state index contributed by atoms with van der Waals surface area (Å²) in [6, 6.07) is 1.91. The van der Waals surface area contributed by atoms with E-state index in [1.165, 1.54) is 0 Å². The molecule has 4 heteroatoms. The molecule has 92 valence electrons. The minimum absolute atomic E-state index is 0.669. The van der Waals surface area contributed by atoms with Crippen LogP contribution in [0, 0.1) is 33.1 Å². The summed E-state index contributed by atoms with van der Waals surface area (Å²) in [6.07, 6.45) is 5.48. The smallest absolute Gasteiger partial charge is 0.115 e. The molecule has 0 fully saturated rings. The molecule has 0 saturated carbocycles. The predicted octanol–water partition coefficient (Wildman–Crippen LogP) is 3.04. The van der Waals surface area contributed by atoms with Crippen LogP contribution in [0.3, 0.4) is 0 Å². The molecule has 0 aliphatic heterocycles. The summed E-state index contributed by atoms with van der Waals surface area (Å²) in [7, 11) is 1.84. The summed E-state index contributed by atoms with van der Waals surface area (Å²) in [5.74, 6) is 2.65. The SMILES string of the molecule is C#Cc1c(C)c(-c2nc(C)c(Cl)cc2C)nn1C. The molecular weight excluding hydrogens is 246 g/mol. The van der Waals surface area contributed by atoms with Gasteiger partial charge in [-0.15, -0.1) is 6.42 Å². The molecule has 0 aliphatic rings. The van der Waals surface area contributed by atoms with E-state index in [0.717, 1.165) is 33.9 Å². The van der Waals surface area contributed by atoms with E-state index >= 15 is 0 Å². The molecule has 0 atom stereocenters. The molecule has 0 N–H and O–H groups in total. The maximum atomic E-state index is 6.06. The number of nitrogens with zero attached hydrogens (tertiary/aromatic N) is 3. The molecule has 0 radical (unpaired) electrons. The van der Waals surface area contributed by atoms with E-state index in [1.54, 1.807) is 4.68 Å². The van der Waals surface area contributed by atoms with E-state index in [0.29, 0.717) is 5.02 Å². The summed E-state index contributed by atoms with van der Waals surface area (Å²) in [5, 5.41) is 5.12. The van der Waals surface area contributed by atoms with Crippen LogP contribution in [0.15, 0.2) is 6.07 Å². The number of hydrogen-bond acceptors (Lipinski definition) is 2. The molecule has 2 rings (SSSR count). The molecule has 2 aromatic heterocycles. The maximum Gasteiger partial charge on any atom is 0.115 e. The molecule has 0 unspecified atom stereocenters. The molecule has 0 saturated heterocycles. The lowest BCUT2D eigenvalue weighted by molar-refractivity contribution is 0.759. The summed E-state index contributed by atoms with van der Waals surface area (Å²) in [5.41, 5.74) is 5.20. The zero-order chi connectivity index (χ0) is 13.4. The minimum Gasteiger partial charge on any atom is -0.259 e. The Bertz CT molecular complexity index is 663. The molecule has 18 heavy (non-hydrogen) atoms. The summed E-state index contributed by atoms with van der Waals surface area (Å²) < 4.78 is 1.70. The fraction of sp³-hybridized carbons (Fsp3) is 0.286. The monoisotopic (exact) mass is 259 g/mol. The summed E-state index contributed by atoms with van der Waals surface area (Å²) >= 11 is 6.06. The Hall–Kier alpha value is -1.79. The fourth-order valence-electron chi connectivity index (χ4n) is 1.97. The number of halogens is 1. The predicted molar refractivity (Wildman–Crippen MR) is 73.6 cm³/mol. The van der Waals surface area contributed by atoms with Gasteiger partial charge in [-0.05, 0) is 32.4 Å². The molecular formula is C14H14ClN3. The number of terminal acetylenes is 1. The fourth-order valence-corrected chi connectivity index (χ4v) is 2.17. The molecule has 0 amide bonds. The second kappa shape index (κ2) is 4.47. The molecule has 0 bridgehead atoms. The van der Waals surface area contributed by atoms with Gasteiger partial charge in [0.25, 0.3) is 0 Å². The van der Waals surface area contributed by atoms with Gasteiger partial charge in [0.2, 0.25) is 0 Å². The lowest BCUT2D eigenvalue weighted by atomic mass is 10.1. The van der Waals surface area contributed by atoms with Crippen LogP contribution >= 0.6 is 11.6 Å². The van der Waals surface area contributed by atoms with Gasteiger partial charge in [0, 0.05) is 12.6 Å². The van der Waals surface area contributed by atoms with Crippen molar-refractivity contribution >= 4 is 11.6 Å². The van der Waals surface area contributed by atoms with Crippen LogP contribution in [-0.2, 0) is 7.05 Å². The quantitative estimate of drug-likeness (QED) is 0.737. The first kappa shape index (κ1) is 12.7. The van der Waals surface area contributed by atoms with Gasteiger partial charge < -0.3 is 0 Å². The molecule has 2 aromatic rings. The molecule has 0 aromatic carbocycles. The number of pyridine rings is 1. The van der Waals surface area contributed by atoms with Gasteiger partial charge in [-0.3, -0.25) is 4.68 Å². The largest absolute Gasteiger partial charge is 0.259 e. The van der Waals surface area contributed by atoms with Crippen LogP contribution in [0.25, 0.3) is 11.4 Å². The second-order valence-corrected chi connectivity index (χ2v) is 4.72. The van der Waals surface area contributed by atoms with Crippen LogP contribution in [0.2, 0.25) is 5.02 Å². The summed E-state index contributed by atoms with van der Waals surface area (Å²) in [6.45, 7) is 5.81. The molecule has 3 nitrogen and oxygen atoms in total. The Morgan fingerprint density at radius 3 is 2.50 bits per heavy atom. The first-order valence-electron chi connectivity index (χ1n) is 5.60. The van der Waals surface area contributed by atoms with Crippen LogP contribution in [0.5, 0.6) is 0 Å². The third-order valence-electron chi connectivity index (χ3n) is 2.99. The van der Waals surface area contributed by atoms with Gasteiger partial charge in [0.05, 0.1) is 16.4 Å². The lowest BCUT2D eigenvalue weighted by Gasteiger charge is -2.06. The number of hydrogen-bond donors (Lipinski definition) is 0. The Morgan fingerprint density at radius 2 is 1.94 bits per heavy atom. The Labute approximate surface area is 112 Å². The zero-order valence-electron chi connectivity index (χ0n) is 10.9. The van der Waals surface area contributed by atoms with E-state index in [4.69, 9.17) is 18.0 Å². The number of aryl methyl sites for hydroxylation is 3. The topological polar surface area (TPSA) is 30.7 Å². The van der Waals surface area contributed by atoms with Gasteiger partial charge in [0.1, 0.15) is 11.4 Å². The highest BCUT2D eigenvalue weighted by Crippen LogP contribution is 2.28. The van der Waals surface area contributed by atoms with Gasteiger partial charge in [-0.25, -0.2) is 4.98 Å². The minimum atomic E-state index is 0.669. The van der Waals surface area contributed by atoms with Gasteiger partial charge in [0.15, 0.2) is 0 Å². The number of aromatic nitrogens is 3. The van der Waals surface area contributed by atoms with Crippen molar-refractivity contribution in [2.45, 2.75) is 20.8 Å². The van der Waals surface area contributed by atoms with Crippen LogP contribution in [0.1, 0.15) is 22.5 Å². The van der Waals surface area contributed by atoms with E-state index in [1.807, 2.05) is 33.9 Å². The lowest BCUT2D eigenvalue weighted by Crippen LogP contribution is -1.96. The normalized spacial score (nSPS) is 10.4. The highest BCUT2D eigenvalue weighted by atomic mass is 35.5. The van der Waals surface area contributed by atoms with Gasteiger partial charge in [-0.2, -0.15) is 5.10 Å². The average molecular weight is 260 g/mol. The zero-order valence-corrected chi connectivity index (χ0v) is 11.6. The highest BCUT2D eigenvalue weighted by Gasteiger charge is 2.16. The Morgan fingerprint density at radius 1 is 1.28 bits per heavy atom.